The minimum atomic E-state index is -0.881. The maximum absolute atomic E-state index is 9.29. The van der Waals surface area contributed by atoms with Crippen molar-refractivity contribution >= 4 is 18.6 Å². The average Bonchev–Trinajstić information content (AvgIpc) is 1.38. The van der Waals surface area contributed by atoms with E-state index in [1.54, 1.807) is 0 Å². The highest BCUT2D eigenvalue weighted by atomic mass is 32.1. The normalized spacial score (nSPS) is 6.17. The largest absolute Gasteiger partial charge is 0.481 e. The first-order valence-electron chi connectivity index (χ1n) is 1.10. The van der Waals surface area contributed by atoms with Crippen molar-refractivity contribution in [1.29, 1.82) is 0 Å². The molecule has 0 atom stereocenters. The Morgan fingerprint density at radius 1 is 1.83 bits per heavy atom. The summed E-state index contributed by atoms with van der Waals surface area (Å²) in [5.74, 6) is -0.965. The van der Waals surface area contributed by atoms with E-state index in [0.29, 0.717) is 0 Å². The molecule has 4 heteroatoms. The van der Waals surface area contributed by atoms with Gasteiger partial charge in [0.1, 0.15) is 0 Å². The molecule has 38 valence electrons. The van der Waals surface area contributed by atoms with Gasteiger partial charge in [-0.3, -0.25) is 4.79 Å². The van der Waals surface area contributed by atoms with E-state index in [1.165, 1.54) is 0 Å². The topological polar surface area (TPSA) is 68.8 Å². The van der Waals surface area contributed by atoms with Crippen LogP contribution in [0.3, 0.4) is 0 Å². The second-order valence-electron chi connectivity index (χ2n) is 0.552. The van der Waals surface area contributed by atoms with E-state index in [9.17, 15) is 4.79 Å². The molecule has 0 aliphatic heterocycles. The van der Waals surface area contributed by atoms with Crippen LogP contribution >= 0.6 is 12.6 Å². The Labute approximate surface area is 40.7 Å². The summed E-state index contributed by atoms with van der Waals surface area (Å²) in [7, 11) is 0. The first-order valence-corrected chi connectivity index (χ1v) is 1.73. The molecule has 0 spiro atoms. The zero-order valence-corrected chi connectivity index (χ0v) is 3.90. The van der Waals surface area contributed by atoms with Crippen molar-refractivity contribution < 1.29 is 15.4 Å². The summed E-state index contributed by atoms with van der Waals surface area (Å²) in [6.07, 6.45) is 0. The highest BCUT2D eigenvalue weighted by Crippen LogP contribution is 1.66. The molecule has 0 unspecified atom stereocenters. The zero-order chi connectivity index (χ0) is 4.28. The SMILES string of the molecule is O.O=C(O)CS. The van der Waals surface area contributed by atoms with Crippen molar-refractivity contribution in [1.82, 2.24) is 0 Å². The Hall–Kier alpha value is -0.220. The van der Waals surface area contributed by atoms with E-state index >= 15 is 0 Å². The third-order valence-electron chi connectivity index (χ3n) is 0.135. The third-order valence-corrected chi connectivity index (χ3v) is 0.406. The van der Waals surface area contributed by atoms with Crippen molar-refractivity contribution in [2.45, 2.75) is 0 Å². The molecule has 0 saturated heterocycles. The van der Waals surface area contributed by atoms with Crippen LogP contribution in [0.4, 0.5) is 0 Å². The van der Waals surface area contributed by atoms with Gasteiger partial charge in [0.05, 0.1) is 5.75 Å². The quantitative estimate of drug-likeness (QED) is 0.433. The lowest BCUT2D eigenvalue weighted by Gasteiger charge is -1.71. The highest BCUT2D eigenvalue weighted by Gasteiger charge is 1.81. The first kappa shape index (κ1) is 9.24. The molecule has 0 bridgehead atoms. The number of aliphatic carboxylic acids is 1. The van der Waals surface area contributed by atoms with E-state index in [0.717, 1.165) is 0 Å². The van der Waals surface area contributed by atoms with Gasteiger partial charge in [0, 0.05) is 0 Å². The molecule has 0 radical (unpaired) electrons. The number of carboxylic acids is 1. The first-order chi connectivity index (χ1) is 2.27. The zero-order valence-electron chi connectivity index (χ0n) is 3.01. The van der Waals surface area contributed by atoms with Gasteiger partial charge in [0.2, 0.25) is 0 Å². The molecular formula is C2H6O3S. The summed E-state index contributed by atoms with van der Waals surface area (Å²) >= 11 is 3.42. The minimum absolute atomic E-state index is 0. The molecule has 6 heavy (non-hydrogen) atoms. The summed E-state index contributed by atoms with van der Waals surface area (Å²) in [5.41, 5.74) is 0. The second kappa shape index (κ2) is 4.78. The molecule has 3 N–H and O–H groups in total. The maximum Gasteiger partial charge on any atom is 0.313 e. The molecule has 0 heterocycles. The standard InChI is InChI=1S/C2H4O2S.H2O/c3-2(4)1-5;/h5H,1H2,(H,3,4);1H2. The van der Waals surface area contributed by atoms with E-state index in [2.05, 4.69) is 12.6 Å². The Morgan fingerprint density at radius 3 is 2.00 bits per heavy atom. The van der Waals surface area contributed by atoms with Crippen LogP contribution in [0.25, 0.3) is 0 Å². The Balaban J connectivity index is 0. The van der Waals surface area contributed by atoms with Gasteiger partial charge >= 0.3 is 5.97 Å². The van der Waals surface area contributed by atoms with Crippen LogP contribution in [0.1, 0.15) is 0 Å². The number of rotatable bonds is 1. The molecule has 0 amide bonds. The van der Waals surface area contributed by atoms with E-state index in [1.807, 2.05) is 0 Å². The smallest absolute Gasteiger partial charge is 0.313 e. The van der Waals surface area contributed by atoms with Gasteiger partial charge < -0.3 is 10.6 Å². The minimum Gasteiger partial charge on any atom is -0.481 e. The van der Waals surface area contributed by atoms with Crippen molar-refractivity contribution in [2.24, 2.45) is 0 Å². The summed E-state index contributed by atoms with van der Waals surface area (Å²) in [6, 6.07) is 0. The van der Waals surface area contributed by atoms with Crippen molar-refractivity contribution in [2.75, 3.05) is 5.75 Å². The highest BCUT2D eigenvalue weighted by molar-refractivity contribution is 7.81. The predicted octanol–water partition coefficient (Wildman–Crippen LogP) is -0.824. The van der Waals surface area contributed by atoms with Crippen LogP contribution in [0, 0.1) is 0 Å². The second-order valence-corrected chi connectivity index (χ2v) is 0.868. The Kier molecular flexibility index (Phi) is 7.36. The number of carbonyl (C=O) groups is 1. The lowest BCUT2D eigenvalue weighted by atomic mass is 10.8. The number of carboxylic acid groups (broad SMARTS) is 1. The van der Waals surface area contributed by atoms with Crippen LogP contribution in [0.5, 0.6) is 0 Å². The van der Waals surface area contributed by atoms with Crippen LogP contribution in [0.15, 0.2) is 0 Å². The van der Waals surface area contributed by atoms with Crippen LogP contribution in [0.2, 0.25) is 0 Å². The van der Waals surface area contributed by atoms with Gasteiger partial charge in [-0.25, -0.2) is 0 Å². The predicted molar refractivity (Wildman–Crippen MR) is 25.1 cm³/mol. The molecule has 0 aromatic carbocycles. The van der Waals surface area contributed by atoms with Crippen molar-refractivity contribution in [3.05, 3.63) is 0 Å². The van der Waals surface area contributed by atoms with Gasteiger partial charge in [0.15, 0.2) is 0 Å². The fourth-order valence-electron chi connectivity index (χ4n) is 0. The van der Waals surface area contributed by atoms with Crippen LogP contribution in [-0.4, -0.2) is 22.3 Å². The molecule has 0 aromatic heterocycles. The average molecular weight is 110 g/mol. The third kappa shape index (κ3) is 9.22. The van der Waals surface area contributed by atoms with E-state index in [4.69, 9.17) is 5.11 Å². The molecule has 0 aliphatic carbocycles. The number of hydrogen-bond donors (Lipinski definition) is 2. The van der Waals surface area contributed by atoms with Crippen molar-refractivity contribution in [3.63, 3.8) is 0 Å². The molecule has 0 rings (SSSR count). The monoisotopic (exact) mass is 110 g/mol. The van der Waals surface area contributed by atoms with E-state index < -0.39 is 5.97 Å². The Bertz CT molecular complexity index is 44.1. The molecule has 3 nitrogen and oxygen atoms in total. The lowest BCUT2D eigenvalue weighted by Crippen LogP contribution is -1.92. The van der Waals surface area contributed by atoms with Gasteiger partial charge in [-0.2, -0.15) is 12.6 Å². The maximum atomic E-state index is 9.29. The van der Waals surface area contributed by atoms with Crippen LogP contribution < -0.4 is 0 Å². The van der Waals surface area contributed by atoms with Gasteiger partial charge in [-0.1, -0.05) is 0 Å². The lowest BCUT2D eigenvalue weighted by molar-refractivity contribution is -0.133. The number of hydrogen-bond acceptors (Lipinski definition) is 2. The molecule has 0 aromatic rings. The summed E-state index contributed by atoms with van der Waals surface area (Å²) < 4.78 is 0. The molecule has 0 saturated carbocycles. The molecule has 0 fully saturated rings. The summed E-state index contributed by atoms with van der Waals surface area (Å²) in [5, 5.41) is 7.65. The summed E-state index contributed by atoms with van der Waals surface area (Å²) in [4.78, 5) is 9.29. The fraction of sp³-hybridized carbons (Fsp3) is 0.500. The molecular weight excluding hydrogens is 104 g/mol. The van der Waals surface area contributed by atoms with Crippen LogP contribution in [-0.2, 0) is 4.79 Å². The van der Waals surface area contributed by atoms with E-state index in [-0.39, 0.29) is 11.2 Å². The summed E-state index contributed by atoms with van der Waals surface area (Å²) in [6.45, 7) is 0. The van der Waals surface area contributed by atoms with Gasteiger partial charge in [0.25, 0.3) is 0 Å². The Morgan fingerprint density at radius 2 is 2.00 bits per heavy atom. The fourth-order valence-corrected chi connectivity index (χ4v) is 0. The van der Waals surface area contributed by atoms with Gasteiger partial charge in [-0.15, -0.1) is 0 Å². The number of thiol groups is 1. The van der Waals surface area contributed by atoms with Crippen molar-refractivity contribution in [3.8, 4) is 0 Å². The molecule has 0 aliphatic rings. The van der Waals surface area contributed by atoms with Gasteiger partial charge in [-0.05, 0) is 0 Å².